The molecule has 5 N–H and O–H groups in total. The summed E-state index contributed by atoms with van der Waals surface area (Å²) < 4.78 is 0. The molecular weight excluding hydrogens is 123 g/mol. The van der Waals surface area contributed by atoms with E-state index in [1.165, 1.54) is 0 Å². The number of nitrogens with two attached hydrogens (primary N) is 2. The number of carbonyl (C=O) groups is 1. The summed E-state index contributed by atoms with van der Waals surface area (Å²) in [5.74, 6) is -1.19. The van der Waals surface area contributed by atoms with Gasteiger partial charge >= 0.3 is 57.4 Å². The van der Waals surface area contributed by atoms with Crippen molar-refractivity contribution in [1.29, 1.82) is 0 Å². The van der Waals surface area contributed by atoms with Crippen molar-refractivity contribution in [3.05, 3.63) is 0 Å². The van der Waals surface area contributed by atoms with Crippen LogP contribution in [0.15, 0.2) is 0 Å². The topological polar surface area (TPSA) is 89.3 Å². The molecular formula is C2H7KN2O2. The molecule has 7 heavy (non-hydrogen) atoms. The fraction of sp³-hybridized carbons (Fsp3) is 0.500. The van der Waals surface area contributed by atoms with Gasteiger partial charge < -0.3 is 18.0 Å². The van der Waals surface area contributed by atoms with Gasteiger partial charge in [-0.15, -0.1) is 0 Å². The van der Waals surface area contributed by atoms with E-state index < -0.39 is 12.1 Å². The van der Waals surface area contributed by atoms with Gasteiger partial charge in [-0.25, -0.2) is 4.79 Å². The molecule has 0 unspecified atom stereocenters. The molecule has 0 aliphatic rings. The van der Waals surface area contributed by atoms with E-state index in [0.717, 1.165) is 0 Å². The maximum Gasteiger partial charge on any atom is 1.00 e. The zero-order valence-corrected chi connectivity index (χ0v) is 7.21. The predicted octanol–water partition coefficient (Wildman–Crippen LogP) is -4.57. The van der Waals surface area contributed by atoms with Crippen molar-refractivity contribution in [3.63, 3.8) is 0 Å². The van der Waals surface area contributed by atoms with Crippen molar-refractivity contribution >= 4 is 5.97 Å². The minimum atomic E-state index is -1.23. The van der Waals surface area contributed by atoms with Crippen LogP contribution >= 0.6 is 0 Å². The van der Waals surface area contributed by atoms with E-state index in [2.05, 4.69) is 11.5 Å². The van der Waals surface area contributed by atoms with Crippen molar-refractivity contribution in [2.24, 2.45) is 11.5 Å². The Morgan fingerprint density at radius 2 is 1.86 bits per heavy atom. The van der Waals surface area contributed by atoms with Crippen LogP contribution in [0, 0.1) is 0 Å². The van der Waals surface area contributed by atoms with E-state index in [1.807, 2.05) is 0 Å². The smallest absolute Gasteiger partial charge is 1.00 e. The minimum absolute atomic E-state index is 0. The summed E-state index contributed by atoms with van der Waals surface area (Å²) in [5, 5.41) is 7.74. The Kier molecular flexibility index (Phi) is 8.06. The Morgan fingerprint density at radius 1 is 1.71 bits per heavy atom. The molecule has 0 aromatic carbocycles. The largest absolute Gasteiger partial charge is 1.00 e. The average molecular weight is 130 g/mol. The molecule has 0 amide bonds. The molecule has 0 saturated heterocycles. The zero-order valence-electron chi connectivity index (χ0n) is 5.09. The molecule has 0 aliphatic heterocycles. The van der Waals surface area contributed by atoms with Crippen LogP contribution in [0.5, 0.6) is 0 Å². The normalized spacial score (nSPS) is 7.86. The van der Waals surface area contributed by atoms with Crippen LogP contribution in [0.2, 0.25) is 0 Å². The Bertz CT molecular complexity index is 69.1. The third-order valence-corrected chi connectivity index (χ3v) is 0.285. The molecule has 0 bridgehead atoms. The predicted molar refractivity (Wildman–Crippen MR) is 20.9 cm³/mol. The Hall–Kier alpha value is 1.03. The van der Waals surface area contributed by atoms with Gasteiger partial charge in [-0.3, -0.25) is 0 Å². The first-order valence-corrected chi connectivity index (χ1v) is 1.38. The number of hydrogen-bond donors (Lipinski definition) is 3. The van der Waals surface area contributed by atoms with Gasteiger partial charge in [-0.1, -0.05) is 0 Å². The maximum absolute atomic E-state index is 9.45. The van der Waals surface area contributed by atoms with Crippen LogP contribution in [0.25, 0.3) is 0 Å². The van der Waals surface area contributed by atoms with Crippen LogP contribution in [0.1, 0.15) is 1.43 Å². The van der Waals surface area contributed by atoms with Gasteiger partial charge in [0.1, 0.15) is 0 Å². The molecule has 4 nitrogen and oxygen atoms in total. The first-order valence-electron chi connectivity index (χ1n) is 1.38. The first-order chi connectivity index (χ1) is 2.64. The van der Waals surface area contributed by atoms with Gasteiger partial charge in [0.15, 0.2) is 6.17 Å². The van der Waals surface area contributed by atoms with Crippen molar-refractivity contribution < 1.29 is 62.7 Å². The van der Waals surface area contributed by atoms with Gasteiger partial charge in [0.2, 0.25) is 0 Å². The van der Waals surface area contributed by atoms with E-state index in [0.29, 0.717) is 0 Å². The maximum atomic E-state index is 9.45. The minimum Gasteiger partial charge on any atom is -1.00 e. The number of carboxylic acid groups (broad SMARTS) is 1. The van der Waals surface area contributed by atoms with Crippen molar-refractivity contribution in [3.8, 4) is 0 Å². The van der Waals surface area contributed by atoms with Gasteiger partial charge in [-0.2, -0.15) is 0 Å². The molecule has 0 saturated carbocycles. The third kappa shape index (κ3) is 7.03. The Labute approximate surface area is 85.1 Å². The molecule has 38 valence electrons. The Balaban J connectivity index is -0.000000125. The van der Waals surface area contributed by atoms with Gasteiger partial charge in [-0.05, 0) is 0 Å². The van der Waals surface area contributed by atoms with Crippen LogP contribution in [0.4, 0.5) is 0 Å². The molecule has 0 aliphatic carbocycles. The monoisotopic (exact) mass is 130 g/mol. The SMILES string of the molecule is NC(N)C(=O)O.[H-].[K+]. The van der Waals surface area contributed by atoms with Crippen molar-refractivity contribution in [2.75, 3.05) is 0 Å². The number of rotatable bonds is 1. The fourth-order valence-corrected chi connectivity index (χ4v) is 0. The standard InChI is InChI=1S/C2H6N2O2.K.H/c3-1(4)2(5)6;;/h1H,3-4H2,(H,5,6);;/q;+1;-1. The molecule has 0 fully saturated rings. The fourth-order valence-electron chi connectivity index (χ4n) is 0. The van der Waals surface area contributed by atoms with Gasteiger partial charge in [0, 0.05) is 0 Å². The molecule has 0 atom stereocenters. The van der Waals surface area contributed by atoms with E-state index in [9.17, 15) is 4.79 Å². The van der Waals surface area contributed by atoms with Crippen LogP contribution in [0.3, 0.4) is 0 Å². The summed E-state index contributed by atoms with van der Waals surface area (Å²) in [6.07, 6.45) is -1.23. The molecule has 0 rings (SSSR count). The number of hydrogen-bond acceptors (Lipinski definition) is 3. The van der Waals surface area contributed by atoms with Crippen LogP contribution in [-0.2, 0) is 4.79 Å². The third-order valence-electron chi connectivity index (χ3n) is 0.285. The van der Waals surface area contributed by atoms with Crippen LogP contribution < -0.4 is 62.9 Å². The van der Waals surface area contributed by atoms with Gasteiger partial charge in [0.25, 0.3) is 0 Å². The van der Waals surface area contributed by atoms with Crippen molar-refractivity contribution in [1.82, 2.24) is 0 Å². The quantitative estimate of drug-likeness (QED) is 0.246. The van der Waals surface area contributed by atoms with Crippen molar-refractivity contribution in [2.45, 2.75) is 6.17 Å². The molecule has 0 spiro atoms. The molecule has 0 aromatic rings. The van der Waals surface area contributed by atoms with E-state index in [-0.39, 0.29) is 52.8 Å². The molecule has 0 radical (unpaired) electrons. The number of carboxylic acids is 1. The molecule has 0 heterocycles. The molecule has 5 heteroatoms. The number of aliphatic carboxylic acids is 1. The summed E-state index contributed by atoms with van der Waals surface area (Å²) in [6.45, 7) is 0. The zero-order chi connectivity index (χ0) is 5.15. The first kappa shape index (κ1) is 10.9. The van der Waals surface area contributed by atoms with E-state index in [4.69, 9.17) is 5.11 Å². The Morgan fingerprint density at radius 3 is 1.86 bits per heavy atom. The second-order valence-corrected chi connectivity index (χ2v) is 0.864. The van der Waals surface area contributed by atoms with E-state index in [1.54, 1.807) is 0 Å². The summed E-state index contributed by atoms with van der Waals surface area (Å²) in [6, 6.07) is 0. The average Bonchev–Trinajstić information content (AvgIpc) is 1.36. The van der Waals surface area contributed by atoms with Gasteiger partial charge in [0.05, 0.1) is 0 Å². The second kappa shape index (κ2) is 5.17. The van der Waals surface area contributed by atoms with E-state index >= 15 is 0 Å². The summed E-state index contributed by atoms with van der Waals surface area (Å²) in [5.41, 5.74) is 9.23. The second-order valence-electron chi connectivity index (χ2n) is 0.864. The summed E-state index contributed by atoms with van der Waals surface area (Å²) in [7, 11) is 0. The summed E-state index contributed by atoms with van der Waals surface area (Å²) >= 11 is 0. The summed E-state index contributed by atoms with van der Waals surface area (Å²) in [4.78, 5) is 9.45. The van der Waals surface area contributed by atoms with Crippen LogP contribution in [-0.4, -0.2) is 17.2 Å². The molecule has 0 aromatic heterocycles.